The van der Waals surface area contributed by atoms with Gasteiger partial charge in [-0.3, -0.25) is 9.67 Å². The van der Waals surface area contributed by atoms with Crippen molar-refractivity contribution in [3.63, 3.8) is 0 Å². The van der Waals surface area contributed by atoms with Crippen LogP contribution in [-0.4, -0.2) is 40.4 Å². The Bertz CT molecular complexity index is 981. The summed E-state index contributed by atoms with van der Waals surface area (Å²) in [4.78, 5) is 11.5. The smallest absolute Gasteiger partial charge is 0.191 e. The van der Waals surface area contributed by atoms with E-state index in [0.717, 1.165) is 41.7 Å². The van der Waals surface area contributed by atoms with Crippen LogP contribution in [0.15, 0.2) is 22.5 Å². The maximum atomic E-state index is 4.58. The van der Waals surface area contributed by atoms with Crippen molar-refractivity contribution in [2.24, 2.45) is 12.0 Å². The molecule has 0 bridgehead atoms. The lowest BCUT2D eigenvalue weighted by molar-refractivity contribution is 0.635. The highest BCUT2D eigenvalue weighted by Gasteiger charge is 2.14. The number of aromatic nitrogens is 3. The van der Waals surface area contributed by atoms with E-state index < -0.39 is 0 Å². The Kier molecular flexibility index (Phi) is 7.08. The SMILES string of the molecule is CN=C(NCCc1ccc(-c2csc(C)n2)s1)NC(C)Cc1c(C)nn(C)c1C. The number of nitrogens with one attached hydrogen (secondary N) is 2. The quantitative estimate of drug-likeness (QED) is 0.441. The van der Waals surface area contributed by atoms with Crippen molar-refractivity contribution < 1.29 is 0 Å². The van der Waals surface area contributed by atoms with Crippen molar-refractivity contribution >= 4 is 28.6 Å². The van der Waals surface area contributed by atoms with Crippen LogP contribution in [0.4, 0.5) is 0 Å². The first kappa shape index (κ1) is 21.5. The molecule has 156 valence electrons. The Hall–Kier alpha value is -2.19. The van der Waals surface area contributed by atoms with E-state index in [4.69, 9.17) is 0 Å². The molecule has 3 aromatic heterocycles. The van der Waals surface area contributed by atoms with E-state index in [1.165, 1.54) is 21.0 Å². The molecule has 0 aliphatic heterocycles. The second kappa shape index (κ2) is 9.54. The lowest BCUT2D eigenvalue weighted by atomic mass is 10.1. The van der Waals surface area contributed by atoms with Crippen LogP contribution in [0, 0.1) is 20.8 Å². The molecule has 0 fully saturated rings. The Balaban J connectivity index is 1.48. The monoisotopic (exact) mass is 430 g/mol. The lowest BCUT2D eigenvalue weighted by Gasteiger charge is -2.18. The van der Waals surface area contributed by atoms with Gasteiger partial charge in [-0.2, -0.15) is 5.10 Å². The maximum absolute atomic E-state index is 4.58. The van der Waals surface area contributed by atoms with Crippen LogP contribution in [-0.2, 0) is 19.9 Å². The number of guanidine groups is 1. The standard InChI is InChI=1S/C21H30N6S2/c1-13(11-18-14(2)26-27(6)15(18)3)24-21(22-5)23-10-9-17-7-8-20(29-17)19-12-28-16(4)25-19/h7-8,12-13H,9-11H2,1-6H3,(H2,22,23,24). The van der Waals surface area contributed by atoms with Gasteiger partial charge in [0.05, 0.1) is 21.3 Å². The number of rotatable bonds is 7. The summed E-state index contributed by atoms with van der Waals surface area (Å²) in [6.45, 7) is 9.26. The zero-order chi connectivity index (χ0) is 21.0. The van der Waals surface area contributed by atoms with Gasteiger partial charge in [0, 0.05) is 42.6 Å². The largest absolute Gasteiger partial charge is 0.356 e. The van der Waals surface area contributed by atoms with Gasteiger partial charge >= 0.3 is 0 Å². The molecular weight excluding hydrogens is 400 g/mol. The van der Waals surface area contributed by atoms with Gasteiger partial charge in [0.2, 0.25) is 0 Å². The number of nitrogens with zero attached hydrogens (tertiary/aromatic N) is 4. The third-order valence-corrected chi connectivity index (χ3v) is 6.91. The molecule has 0 aliphatic rings. The van der Waals surface area contributed by atoms with Gasteiger partial charge in [-0.05, 0) is 58.2 Å². The molecule has 3 heterocycles. The molecule has 29 heavy (non-hydrogen) atoms. The fourth-order valence-electron chi connectivity index (χ4n) is 3.33. The summed E-state index contributed by atoms with van der Waals surface area (Å²) >= 11 is 3.51. The van der Waals surface area contributed by atoms with Crippen molar-refractivity contribution in [1.82, 2.24) is 25.4 Å². The van der Waals surface area contributed by atoms with Gasteiger partial charge in [0.1, 0.15) is 0 Å². The second-order valence-corrected chi connectivity index (χ2v) is 9.52. The van der Waals surface area contributed by atoms with Crippen molar-refractivity contribution in [2.45, 2.75) is 46.6 Å². The molecule has 0 spiro atoms. The van der Waals surface area contributed by atoms with Crippen LogP contribution in [0.25, 0.3) is 10.6 Å². The molecule has 0 aromatic carbocycles. The molecular formula is C21H30N6S2. The van der Waals surface area contributed by atoms with E-state index in [0.29, 0.717) is 0 Å². The summed E-state index contributed by atoms with van der Waals surface area (Å²) in [6, 6.07) is 4.63. The maximum Gasteiger partial charge on any atom is 0.191 e. The number of aliphatic imine (C=N–C) groups is 1. The predicted octanol–water partition coefficient (Wildman–Crippen LogP) is 3.87. The first-order chi connectivity index (χ1) is 13.9. The molecule has 6 nitrogen and oxygen atoms in total. The molecule has 3 rings (SSSR count). The number of thiazole rings is 1. The van der Waals surface area contributed by atoms with Gasteiger partial charge in [0.25, 0.3) is 0 Å². The van der Waals surface area contributed by atoms with Gasteiger partial charge in [-0.1, -0.05) is 0 Å². The minimum Gasteiger partial charge on any atom is -0.356 e. The van der Waals surface area contributed by atoms with Gasteiger partial charge < -0.3 is 10.6 Å². The third kappa shape index (κ3) is 5.45. The summed E-state index contributed by atoms with van der Waals surface area (Å²) < 4.78 is 1.95. The molecule has 0 saturated carbocycles. The van der Waals surface area contributed by atoms with Gasteiger partial charge in [-0.15, -0.1) is 22.7 Å². The zero-order valence-electron chi connectivity index (χ0n) is 18.0. The number of thiophene rings is 1. The van der Waals surface area contributed by atoms with E-state index in [-0.39, 0.29) is 6.04 Å². The fourth-order valence-corrected chi connectivity index (χ4v) is 4.98. The summed E-state index contributed by atoms with van der Waals surface area (Å²) in [5.41, 5.74) is 4.73. The summed E-state index contributed by atoms with van der Waals surface area (Å²) in [5, 5.41) is 14.7. The highest BCUT2D eigenvalue weighted by atomic mass is 32.1. The second-order valence-electron chi connectivity index (χ2n) is 7.29. The first-order valence-corrected chi connectivity index (χ1v) is 11.5. The van der Waals surface area contributed by atoms with Gasteiger partial charge in [0.15, 0.2) is 5.96 Å². The number of aryl methyl sites for hydroxylation is 3. The normalized spacial score (nSPS) is 13.0. The predicted molar refractivity (Wildman–Crippen MR) is 124 cm³/mol. The average molecular weight is 431 g/mol. The number of hydrogen-bond donors (Lipinski definition) is 2. The molecule has 0 amide bonds. The van der Waals surface area contributed by atoms with Crippen molar-refractivity contribution in [1.29, 1.82) is 0 Å². The highest BCUT2D eigenvalue weighted by Crippen LogP contribution is 2.29. The lowest BCUT2D eigenvalue weighted by Crippen LogP contribution is -2.43. The number of hydrogen-bond acceptors (Lipinski definition) is 5. The zero-order valence-corrected chi connectivity index (χ0v) is 19.7. The highest BCUT2D eigenvalue weighted by molar-refractivity contribution is 7.16. The van der Waals surface area contributed by atoms with E-state index in [1.807, 2.05) is 37.0 Å². The van der Waals surface area contributed by atoms with E-state index in [9.17, 15) is 0 Å². The molecule has 0 radical (unpaired) electrons. The van der Waals surface area contributed by atoms with Gasteiger partial charge in [-0.25, -0.2) is 4.98 Å². The Labute approximate surface area is 181 Å². The minimum atomic E-state index is 0.268. The van der Waals surface area contributed by atoms with Crippen LogP contribution in [0.5, 0.6) is 0 Å². The van der Waals surface area contributed by atoms with Crippen LogP contribution >= 0.6 is 22.7 Å². The molecule has 2 N–H and O–H groups in total. The molecule has 1 atom stereocenters. The van der Waals surface area contributed by atoms with E-state index >= 15 is 0 Å². The summed E-state index contributed by atoms with van der Waals surface area (Å²) in [5.74, 6) is 0.837. The molecule has 1 unspecified atom stereocenters. The average Bonchev–Trinajstić information content (AvgIpc) is 3.38. The fraction of sp³-hybridized carbons (Fsp3) is 0.476. The first-order valence-electron chi connectivity index (χ1n) is 9.84. The van der Waals surface area contributed by atoms with E-state index in [2.05, 4.69) is 64.0 Å². The molecule has 0 saturated heterocycles. The summed E-state index contributed by atoms with van der Waals surface area (Å²) in [6.07, 6.45) is 1.89. The van der Waals surface area contributed by atoms with Crippen molar-refractivity contribution in [3.05, 3.63) is 44.3 Å². The van der Waals surface area contributed by atoms with Crippen LogP contribution in [0.2, 0.25) is 0 Å². The van der Waals surface area contributed by atoms with Crippen LogP contribution in [0.1, 0.15) is 33.8 Å². The van der Waals surface area contributed by atoms with Crippen LogP contribution in [0.3, 0.4) is 0 Å². The Morgan fingerprint density at radius 3 is 2.69 bits per heavy atom. The Morgan fingerprint density at radius 1 is 1.28 bits per heavy atom. The molecule has 0 aliphatic carbocycles. The van der Waals surface area contributed by atoms with Crippen LogP contribution < -0.4 is 10.6 Å². The van der Waals surface area contributed by atoms with E-state index in [1.54, 1.807) is 11.3 Å². The molecule has 3 aromatic rings. The van der Waals surface area contributed by atoms with Crippen molar-refractivity contribution in [2.75, 3.05) is 13.6 Å². The Morgan fingerprint density at radius 2 is 2.07 bits per heavy atom. The van der Waals surface area contributed by atoms with Crippen molar-refractivity contribution in [3.8, 4) is 10.6 Å². The topological polar surface area (TPSA) is 67.1 Å². The minimum absolute atomic E-state index is 0.268. The third-order valence-electron chi connectivity index (χ3n) is 4.97. The molecule has 8 heteroatoms. The summed E-state index contributed by atoms with van der Waals surface area (Å²) in [7, 11) is 3.81.